The molecular formula is C15H24N2O4. The number of carbonyl (C=O) groups excluding carboxylic acids is 1. The molecule has 0 bridgehead atoms. The molecule has 0 spiro atoms. The molecule has 3 rings (SSSR count). The summed E-state index contributed by atoms with van der Waals surface area (Å²) in [6.07, 6.45) is 6.31. The molecule has 118 valence electrons. The van der Waals surface area contributed by atoms with Crippen LogP contribution >= 0.6 is 0 Å². The minimum atomic E-state index is -0.822. The SMILES string of the molecule is O=C(O)CC1CCCN1C(=O)N1CCOC2CCCCC21. The molecule has 3 fully saturated rings. The van der Waals surface area contributed by atoms with Gasteiger partial charge < -0.3 is 19.6 Å². The Morgan fingerprint density at radius 1 is 1.05 bits per heavy atom. The summed E-state index contributed by atoms with van der Waals surface area (Å²) in [6.45, 7) is 1.92. The molecule has 2 saturated heterocycles. The monoisotopic (exact) mass is 296 g/mol. The zero-order chi connectivity index (χ0) is 14.8. The van der Waals surface area contributed by atoms with Gasteiger partial charge in [-0.3, -0.25) is 4.79 Å². The van der Waals surface area contributed by atoms with E-state index >= 15 is 0 Å². The van der Waals surface area contributed by atoms with Crippen LogP contribution < -0.4 is 0 Å². The van der Waals surface area contributed by atoms with Gasteiger partial charge in [0.05, 0.1) is 25.2 Å². The average Bonchev–Trinajstić information content (AvgIpc) is 2.93. The number of morpholine rings is 1. The maximum atomic E-state index is 12.9. The second-order valence-corrected chi connectivity index (χ2v) is 6.32. The summed E-state index contributed by atoms with van der Waals surface area (Å²) in [5.41, 5.74) is 0. The lowest BCUT2D eigenvalue weighted by Crippen LogP contribution is -2.58. The summed E-state index contributed by atoms with van der Waals surface area (Å²) in [7, 11) is 0. The average molecular weight is 296 g/mol. The smallest absolute Gasteiger partial charge is 0.320 e. The minimum absolute atomic E-state index is 0.0268. The largest absolute Gasteiger partial charge is 0.481 e. The fourth-order valence-electron chi connectivity index (χ4n) is 4.00. The lowest BCUT2D eigenvalue weighted by Gasteiger charge is -2.45. The van der Waals surface area contributed by atoms with E-state index in [2.05, 4.69) is 0 Å². The number of hydrogen-bond acceptors (Lipinski definition) is 3. The maximum Gasteiger partial charge on any atom is 0.320 e. The van der Waals surface area contributed by atoms with Gasteiger partial charge in [0.1, 0.15) is 0 Å². The summed E-state index contributed by atoms with van der Waals surface area (Å²) < 4.78 is 5.81. The van der Waals surface area contributed by atoms with E-state index in [9.17, 15) is 9.59 Å². The highest BCUT2D eigenvalue weighted by Crippen LogP contribution is 2.31. The van der Waals surface area contributed by atoms with Crippen LogP contribution in [0.2, 0.25) is 0 Å². The number of amides is 2. The number of likely N-dealkylation sites (tertiary alicyclic amines) is 1. The van der Waals surface area contributed by atoms with Crippen molar-refractivity contribution in [1.29, 1.82) is 0 Å². The summed E-state index contributed by atoms with van der Waals surface area (Å²) in [4.78, 5) is 27.5. The van der Waals surface area contributed by atoms with Crippen LogP contribution in [0.15, 0.2) is 0 Å². The molecule has 2 amide bonds. The van der Waals surface area contributed by atoms with Crippen molar-refractivity contribution in [3.05, 3.63) is 0 Å². The van der Waals surface area contributed by atoms with Crippen LogP contribution in [0, 0.1) is 0 Å². The molecule has 6 nitrogen and oxygen atoms in total. The number of hydrogen-bond donors (Lipinski definition) is 1. The Kier molecular flexibility index (Phi) is 4.33. The maximum absolute atomic E-state index is 12.9. The molecule has 1 saturated carbocycles. The summed E-state index contributed by atoms with van der Waals surface area (Å²) in [5, 5.41) is 9.00. The van der Waals surface area contributed by atoms with Crippen molar-refractivity contribution in [2.75, 3.05) is 19.7 Å². The molecule has 0 aromatic rings. The van der Waals surface area contributed by atoms with E-state index in [1.54, 1.807) is 4.90 Å². The molecule has 0 radical (unpaired) electrons. The zero-order valence-corrected chi connectivity index (χ0v) is 12.4. The number of urea groups is 1. The van der Waals surface area contributed by atoms with Gasteiger partial charge in [-0.05, 0) is 25.7 Å². The predicted octanol–water partition coefficient (Wildman–Crippen LogP) is 1.69. The van der Waals surface area contributed by atoms with Crippen molar-refractivity contribution in [2.45, 2.75) is 63.1 Å². The summed E-state index contributed by atoms with van der Waals surface area (Å²) >= 11 is 0. The lowest BCUT2D eigenvalue weighted by atomic mass is 9.90. The summed E-state index contributed by atoms with van der Waals surface area (Å²) in [6, 6.07) is 0.0740. The van der Waals surface area contributed by atoms with Crippen LogP contribution in [0.3, 0.4) is 0 Å². The molecule has 0 aromatic carbocycles. The first-order valence-corrected chi connectivity index (χ1v) is 8.07. The molecule has 2 aliphatic heterocycles. The molecule has 3 unspecified atom stereocenters. The minimum Gasteiger partial charge on any atom is -0.481 e. The standard InChI is InChI=1S/C15H24N2O4/c18-14(19)10-11-4-3-7-16(11)15(20)17-8-9-21-13-6-2-1-5-12(13)17/h11-13H,1-10H2,(H,18,19). The second kappa shape index (κ2) is 6.22. The molecule has 6 heteroatoms. The van der Waals surface area contributed by atoms with Crippen LogP contribution in [0.5, 0.6) is 0 Å². The highest BCUT2D eigenvalue weighted by atomic mass is 16.5. The first-order valence-electron chi connectivity index (χ1n) is 8.07. The van der Waals surface area contributed by atoms with E-state index in [0.29, 0.717) is 19.7 Å². The number of carboxylic acids is 1. The number of ether oxygens (including phenoxy) is 1. The van der Waals surface area contributed by atoms with Crippen LogP contribution in [-0.4, -0.2) is 64.8 Å². The lowest BCUT2D eigenvalue weighted by molar-refractivity contribution is -0.138. The van der Waals surface area contributed by atoms with Gasteiger partial charge in [-0.1, -0.05) is 12.8 Å². The van der Waals surface area contributed by atoms with E-state index < -0.39 is 5.97 Å². The number of nitrogens with zero attached hydrogens (tertiary/aromatic N) is 2. The van der Waals surface area contributed by atoms with E-state index in [1.807, 2.05) is 4.90 Å². The topological polar surface area (TPSA) is 70.1 Å². The van der Waals surface area contributed by atoms with Crippen molar-refractivity contribution < 1.29 is 19.4 Å². The molecule has 1 N–H and O–H groups in total. The van der Waals surface area contributed by atoms with E-state index in [1.165, 1.54) is 6.42 Å². The fraction of sp³-hybridized carbons (Fsp3) is 0.867. The molecule has 1 aliphatic carbocycles. The summed E-state index contributed by atoms with van der Waals surface area (Å²) in [5.74, 6) is -0.822. The number of fused-ring (bicyclic) bond motifs is 1. The van der Waals surface area contributed by atoms with Gasteiger partial charge in [0.2, 0.25) is 0 Å². The number of rotatable bonds is 2. The van der Waals surface area contributed by atoms with Crippen LogP contribution in [0.4, 0.5) is 4.79 Å². The van der Waals surface area contributed by atoms with Gasteiger partial charge in [0.25, 0.3) is 0 Å². The molecule has 21 heavy (non-hydrogen) atoms. The molecule has 3 aliphatic rings. The Bertz CT molecular complexity index is 412. The molecule has 0 aromatic heterocycles. The van der Waals surface area contributed by atoms with E-state index in [-0.39, 0.29) is 30.6 Å². The second-order valence-electron chi connectivity index (χ2n) is 6.32. The van der Waals surface area contributed by atoms with Gasteiger partial charge in [-0.25, -0.2) is 4.79 Å². The Morgan fingerprint density at radius 3 is 2.67 bits per heavy atom. The fourth-order valence-corrected chi connectivity index (χ4v) is 4.00. The van der Waals surface area contributed by atoms with Crippen molar-refractivity contribution in [3.8, 4) is 0 Å². The third-order valence-corrected chi connectivity index (χ3v) is 5.01. The van der Waals surface area contributed by atoms with Gasteiger partial charge in [-0.15, -0.1) is 0 Å². The van der Waals surface area contributed by atoms with Crippen molar-refractivity contribution in [1.82, 2.24) is 9.80 Å². The molecular weight excluding hydrogens is 272 g/mol. The van der Waals surface area contributed by atoms with Crippen LogP contribution in [0.25, 0.3) is 0 Å². The van der Waals surface area contributed by atoms with Crippen molar-refractivity contribution in [3.63, 3.8) is 0 Å². The van der Waals surface area contributed by atoms with Gasteiger partial charge in [0, 0.05) is 19.1 Å². The number of carbonyl (C=O) groups is 2. The molecule has 3 atom stereocenters. The Balaban J connectivity index is 1.69. The first kappa shape index (κ1) is 14.6. The van der Waals surface area contributed by atoms with Crippen molar-refractivity contribution >= 4 is 12.0 Å². The Morgan fingerprint density at radius 2 is 1.86 bits per heavy atom. The quantitative estimate of drug-likeness (QED) is 0.842. The third-order valence-electron chi connectivity index (χ3n) is 5.01. The van der Waals surface area contributed by atoms with Crippen LogP contribution in [-0.2, 0) is 9.53 Å². The number of aliphatic carboxylic acids is 1. The third kappa shape index (κ3) is 3.00. The predicted molar refractivity (Wildman–Crippen MR) is 76.1 cm³/mol. The first-order chi connectivity index (χ1) is 10.2. The normalized spacial score (nSPS) is 32.9. The van der Waals surface area contributed by atoms with Gasteiger partial charge >= 0.3 is 12.0 Å². The van der Waals surface area contributed by atoms with Crippen molar-refractivity contribution in [2.24, 2.45) is 0 Å². The van der Waals surface area contributed by atoms with Crippen LogP contribution in [0.1, 0.15) is 44.9 Å². The van der Waals surface area contributed by atoms with E-state index in [0.717, 1.165) is 32.1 Å². The Hall–Kier alpha value is -1.30. The highest BCUT2D eigenvalue weighted by molar-refractivity contribution is 5.77. The van der Waals surface area contributed by atoms with E-state index in [4.69, 9.17) is 9.84 Å². The number of carboxylic acid groups (broad SMARTS) is 1. The zero-order valence-electron chi connectivity index (χ0n) is 12.4. The van der Waals surface area contributed by atoms with Gasteiger partial charge in [0.15, 0.2) is 0 Å². The highest BCUT2D eigenvalue weighted by Gasteiger charge is 2.41. The molecule has 2 heterocycles. The van der Waals surface area contributed by atoms with Gasteiger partial charge in [-0.2, -0.15) is 0 Å². The Labute approximate surface area is 125 Å².